The Morgan fingerprint density at radius 2 is 1.58 bits per heavy atom. The summed E-state index contributed by atoms with van der Waals surface area (Å²) < 4.78 is 41.8. The third kappa shape index (κ3) is 5.77. The van der Waals surface area contributed by atoms with E-state index in [1.807, 2.05) is 44.2 Å². The predicted octanol–water partition coefficient (Wildman–Crippen LogP) is 4.20. The lowest BCUT2D eigenvalue weighted by Crippen LogP contribution is -2.41. The molecule has 1 unspecified atom stereocenters. The van der Waals surface area contributed by atoms with E-state index in [1.165, 1.54) is 30.3 Å². The third-order valence-electron chi connectivity index (χ3n) is 4.96. The molecule has 3 aromatic carbocycles. The van der Waals surface area contributed by atoms with Gasteiger partial charge in [-0.15, -0.1) is 0 Å². The second-order valence-corrected chi connectivity index (χ2v) is 9.32. The Morgan fingerprint density at radius 3 is 2.23 bits per heavy atom. The van der Waals surface area contributed by atoms with Crippen molar-refractivity contribution in [2.45, 2.75) is 31.3 Å². The van der Waals surface area contributed by atoms with Crippen LogP contribution in [0.2, 0.25) is 0 Å². The zero-order valence-corrected chi connectivity index (χ0v) is 18.3. The van der Waals surface area contributed by atoms with Gasteiger partial charge >= 0.3 is 0 Å². The SMILES string of the molecule is Cc1ccc(S(=O)(=O)N(CC(=O)NC(C)c2ccccc2)Cc2ccccc2F)cc1. The van der Waals surface area contributed by atoms with E-state index in [0.29, 0.717) is 0 Å². The first-order valence-corrected chi connectivity index (χ1v) is 11.4. The molecule has 1 atom stereocenters. The van der Waals surface area contributed by atoms with Gasteiger partial charge in [-0.25, -0.2) is 12.8 Å². The van der Waals surface area contributed by atoms with Crippen molar-refractivity contribution in [1.29, 1.82) is 0 Å². The van der Waals surface area contributed by atoms with E-state index >= 15 is 0 Å². The highest BCUT2D eigenvalue weighted by Gasteiger charge is 2.28. The molecule has 0 heterocycles. The number of rotatable bonds is 8. The number of nitrogens with one attached hydrogen (secondary N) is 1. The molecular formula is C24H25FN2O3S. The maximum atomic E-state index is 14.2. The van der Waals surface area contributed by atoms with Gasteiger partial charge in [0.05, 0.1) is 17.5 Å². The van der Waals surface area contributed by atoms with Crippen LogP contribution in [0.15, 0.2) is 83.8 Å². The van der Waals surface area contributed by atoms with Gasteiger partial charge in [-0.2, -0.15) is 4.31 Å². The molecule has 162 valence electrons. The van der Waals surface area contributed by atoms with Crippen LogP contribution in [0.4, 0.5) is 4.39 Å². The Labute approximate surface area is 182 Å². The lowest BCUT2D eigenvalue weighted by Gasteiger charge is -2.23. The Morgan fingerprint density at radius 1 is 0.968 bits per heavy atom. The number of nitrogens with zero attached hydrogens (tertiary/aromatic N) is 1. The molecule has 0 saturated carbocycles. The number of halogens is 1. The van der Waals surface area contributed by atoms with Crippen LogP contribution in [-0.2, 0) is 21.4 Å². The zero-order chi connectivity index (χ0) is 22.4. The fraction of sp³-hybridized carbons (Fsp3) is 0.208. The monoisotopic (exact) mass is 440 g/mol. The zero-order valence-electron chi connectivity index (χ0n) is 17.5. The first kappa shape index (κ1) is 22.7. The van der Waals surface area contributed by atoms with E-state index in [9.17, 15) is 17.6 Å². The van der Waals surface area contributed by atoms with Crippen molar-refractivity contribution in [1.82, 2.24) is 9.62 Å². The largest absolute Gasteiger partial charge is 0.348 e. The average Bonchev–Trinajstić information content (AvgIpc) is 2.75. The fourth-order valence-corrected chi connectivity index (χ4v) is 4.55. The maximum Gasteiger partial charge on any atom is 0.243 e. The molecule has 0 aliphatic rings. The van der Waals surface area contributed by atoms with Gasteiger partial charge in [0.25, 0.3) is 0 Å². The van der Waals surface area contributed by atoms with E-state index in [-0.39, 0.29) is 23.0 Å². The van der Waals surface area contributed by atoms with Crippen LogP contribution in [0, 0.1) is 12.7 Å². The van der Waals surface area contributed by atoms with Crippen molar-refractivity contribution in [2.24, 2.45) is 0 Å². The molecule has 0 bridgehead atoms. The minimum Gasteiger partial charge on any atom is -0.348 e. The second-order valence-electron chi connectivity index (χ2n) is 7.38. The number of amides is 1. The lowest BCUT2D eigenvalue weighted by molar-refractivity contribution is -0.122. The molecule has 0 aliphatic carbocycles. The van der Waals surface area contributed by atoms with Gasteiger partial charge < -0.3 is 5.32 Å². The number of carbonyl (C=O) groups excluding carboxylic acids is 1. The van der Waals surface area contributed by atoms with Crippen molar-refractivity contribution < 1.29 is 17.6 Å². The van der Waals surface area contributed by atoms with Gasteiger partial charge in [0.15, 0.2) is 0 Å². The van der Waals surface area contributed by atoms with Gasteiger partial charge in [0, 0.05) is 12.1 Å². The average molecular weight is 441 g/mol. The number of hydrogen-bond acceptors (Lipinski definition) is 3. The van der Waals surface area contributed by atoms with Crippen LogP contribution in [0.25, 0.3) is 0 Å². The van der Waals surface area contributed by atoms with E-state index in [0.717, 1.165) is 15.4 Å². The molecule has 7 heteroatoms. The molecule has 3 rings (SSSR count). The number of aryl methyl sites for hydroxylation is 1. The lowest BCUT2D eigenvalue weighted by atomic mass is 10.1. The summed E-state index contributed by atoms with van der Waals surface area (Å²) in [6, 6.07) is 21.4. The summed E-state index contributed by atoms with van der Waals surface area (Å²) in [6.07, 6.45) is 0. The normalized spacial score (nSPS) is 12.5. The molecule has 5 nitrogen and oxygen atoms in total. The Kier molecular flexibility index (Phi) is 7.20. The third-order valence-corrected chi connectivity index (χ3v) is 6.77. The fourth-order valence-electron chi connectivity index (χ4n) is 3.17. The van der Waals surface area contributed by atoms with Gasteiger partial charge in [-0.1, -0.05) is 66.2 Å². The van der Waals surface area contributed by atoms with E-state index in [4.69, 9.17) is 0 Å². The van der Waals surface area contributed by atoms with Crippen molar-refractivity contribution in [3.63, 3.8) is 0 Å². The summed E-state index contributed by atoms with van der Waals surface area (Å²) in [6.45, 7) is 2.99. The molecule has 31 heavy (non-hydrogen) atoms. The van der Waals surface area contributed by atoms with Crippen molar-refractivity contribution in [2.75, 3.05) is 6.54 Å². The summed E-state index contributed by atoms with van der Waals surface area (Å²) in [5.41, 5.74) is 2.01. The van der Waals surface area contributed by atoms with E-state index < -0.39 is 28.3 Å². The summed E-state index contributed by atoms with van der Waals surface area (Å²) in [7, 11) is -4.02. The Balaban J connectivity index is 1.85. The Hall–Kier alpha value is -3.03. The highest BCUT2D eigenvalue weighted by Crippen LogP contribution is 2.20. The molecule has 0 spiro atoms. The number of carbonyl (C=O) groups is 1. The van der Waals surface area contributed by atoms with E-state index in [2.05, 4.69) is 5.32 Å². The maximum absolute atomic E-state index is 14.2. The van der Waals surface area contributed by atoms with Crippen molar-refractivity contribution >= 4 is 15.9 Å². The summed E-state index contributed by atoms with van der Waals surface area (Å²) in [4.78, 5) is 12.8. The van der Waals surface area contributed by atoms with Gasteiger partial charge in [-0.05, 0) is 37.6 Å². The predicted molar refractivity (Wildman–Crippen MR) is 118 cm³/mol. The summed E-state index contributed by atoms with van der Waals surface area (Å²) in [5, 5.41) is 2.82. The van der Waals surface area contributed by atoms with Crippen LogP contribution < -0.4 is 5.32 Å². The summed E-state index contributed by atoms with van der Waals surface area (Å²) >= 11 is 0. The second kappa shape index (κ2) is 9.85. The molecule has 0 aromatic heterocycles. The molecule has 3 aromatic rings. The first-order chi connectivity index (χ1) is 14.8. The quantitative estimate of drug-likeness (QED) is 0.571. The molecule has 0 aliphatic heterocycles. The molecule has 1 N–H and O–H groups in total. The number of benzene rings is 3. The smallest absolute Gasteiger partial charge is 0.243 e. The van der Waals surface area contributed by atoms with Gasteiger partial charge in [0.2, 0.25) is 15.9 Å². The molecule has 0 fully saturated rings. The van der Waals surface area contributed by atoms with Crippen molar-refractivity contribution in [3.8, 4) is 0 Å². The van der Waals surface area contributed by atoms with E-state index in [1.54, 1.807) is 18.2 Å². The van der Waals surface area contributed by atoms with Crippen LogP contribution in [0.3, 0.4) is 0 Å². The van der Waals surface area contributed by atoms with Gasteiger partial charge in [-0.3, -0.25) is 4.79 Å². The minimum atomic E-state index is -4.02. The number of sulfonamides is 1. The first-order valence-electron chi connectivity index (χ1n) is 9.92. The highest BCUT2D eigenvalue weighted by molar-refractivity contribution is 7.89. The molecule has 1 amide bonds. The molecule has 0 saturated heterocycles. The van der Waals surface area contributed by atoms with Crippen molar-refractivity contribution in [3.05, 3.63) is 101 Å². The van der Waals surface area contributed by atoms with Gasteiger partial charge in [0.1, 0.15) is 5.82 Å². The molecular weight excluding hydrogens is 415 g/mol. The number of hydrogen-bond donors (Lipinski definition) is 1. The summed E-state index contributed by atoms with van der Waals surface area (Å²) in [5.74, 6) is -0.993. The van der Waals surface area contributed by atoms with Crippen LogP contribution >= 0.6 is 0 Å². The topological polar surface area (TPSA) is 66.5 Å². The van der Waals surface area contributed by atoms with Crippen LogP contribution in [-0.4, -0.2) is 25.2 Å². The van der Waals surface area contributed by atoms with Crippen LogP contribution in [0.5, 0.6) is 0 Å². The highest BCUT2D eigenvalue weighted by atomic mass is 32.2. The van der Waals surface area contributed by atoms with Crippen LogP contribution in [0.1, 0.15) is 29.7 Å². The standard InChI is InChI=1S/C24H25FN2O3S/c1-18-12-14-22(15-13-18)31(29,30)27(16-21-10-6-7-11-23(21)25)17-24(28)26-19(2)20-8-4-3-5-9-20/h3-15,19H,16-17H2,1-2H3,(H,26,28). The minimum absolute atomic E-state index is 0.0540. The Bertz CT molecular complexity index is 1130. The molecule has 0 radical (unpaired) electrons.